The predicted octanol–water partition coefficient (Wildman–Crippen LogP) is 4.12. The lowest BCUT2D eigenvalue weighted by atomic mass is 10.0. The van der Waals surface area contributed by atoms with Gasteiger partial charge in [0, 0.05) is 25.3 Å². The van der Waals surface area contributed by atoms with Crippen molar-refractivity contribution in [3.8, 4) is 23.3 Å². The Hall–Kier alpha value is -3.93. The van der Waals surface area contributed by atoms with Crippen LogP contribution >= 0.6 is 0 Å². The summed E-state index contributed by atoms with van der Waals surface area (Å²) >= 11 is 0. The number of carbonyl (C=O) groups excluding carboxylic acids is 1. The minimum absolute atomic E-state index is 0.0147. The molecule has 0 spiro atoms. The Bertz CT molecular complexity index is 1140. The molecule has 178 valence electrons. The third kappa shape index (κ3) is 7.04. The van der Waals surface area contributed by atoms with Crippen LogP contribution < -0.4 is 9.47 Å². The summed E-state index contributed by atoms with van der Waals surface area (Å²) in [4.78, 5) is 12.8. The Balaban J connectivity index is 1.58. The number of tetrazole rings is 1. The first-order chi connectivity index (χ1) is 16.5. The number of aromatic nitrogens is 4. The quantitative estimate of drug-likeness (QED) is 0.242. The van der Waals surface area contributed by atoms with Gasteiger partial charge in [-0.25, -0.2) is 0 Å². The maximum Gasteiger partial charge on any atom is 0.308 e. The summed E-state index contributed by atoms with van der Waals surface area (Å²) in [7, 11) is 0. The van der Waals surface area contributed by atoms with Crippen molar-refractivity contribution in [2.24, 2.45) is 0 Å². The van der Waals surface area contributed by atoms with Crippen LogP contribution in [-0.4, -0.2) is 31.3 Å². The normalized spacial score (nSPS) is 10.6. The highest BCUT2D eigenvalue weighted by Crippen LogP contribution is 2.34. The number of phenols is 1. The van der Waals surface area contributed by atoms with Crippen molar-refractivity contribution in [3.05, 3.63) is 58.9 Å². The predicted molar refractivity (Wildman–Crippen MR) is 124 cm³/mol. The number of rotatable bonds is 12. The molecule has 2 aromatic carbocycles. The van der Waals surface area contributed by atoms with Crippen LogP contribution in [0.3, 0.4) is 0 Å². The van der Waals surface area contributed by atoms with E-state index in [0.29, 0.717) is 37.4 Å². The topological polar surface area (TPSA) is 123 Å². The highest BCUT2D eigenvalue weighted by atomic mass is 16.5. The van der Waals surface area contributed by atoms with E-state index in [1.807, 2.05) is 37.3 Å². The van der Waals surface area contributed by atoms with E-state index in [2.05, 4.69) is 21.5 Å². The van der Waals surface area contributed by atoms with Crippen LogP contribution in [-0.2, 0) is 30.8 Å². The van der Waals surface area contributed by atoms with Gasteiger partial charge in [0.1, 0.15) is 12.4 Å². The van der Waals surface area contributed by atoms with Crippen LogP contribution in [0.2, 0.25) is 0 Å². The summed E-state index contributed by atoms with van der Waals surface area (Å²) in [6.07, 6.45) is 4.24. The van der Waals surface area contributed by atoms with Gasteiger partial charge in [0.2, 0.25) is 0 Å². The van der Waals surface area contributed by atoms with Gasteiger partial charge in [-0.1, -0.05) is 31.5 Å². The number of nitriles is 1. The second kappa shape index (κ2) is 12.3. The molecule has 0 radical (unpaired) electrons. The fourth-order valence-corrected chi connectivity index (χ4v) is 3.50. The zero-order valence-electron chi connectivity index (χ0n) is 19.5. The van der Waals surface area contributed by atoms with E-state index in [1.54, 1.807) is 10.9 Å². The number of hydrogen-bond acceptors (Lipinski definition) is 8. The molecular weight excluding hydrogens is 434 g/mol. The maximum absolute atomic E-state index is 11.3. The Morgan fingerprint density at radius 1 is 1.18 bits per heavy atom. The molecule has 0 atom stereocenters. The van der Waals surface area contributed by atoms with Crippen molar-refractivity contribution in [2.45, 2.75) is 65.5 Å². The Morgan fingerprint density at radius 3 is 2.68 bits per heavy atom. The average molecular weight is 464 g/mol. The van der Waals surface area contributed by atoms with E-state index < -0.39 is 5.97 Å². The van der Waals surface area contributed by atoms with Gasteiger partial charge < -0.3 is 14.6 Å². The van der Waals surface area contributed by atoms with E-state index in [0.717, 1.165) is 36.0 Å². The fourth-order valence-electron chi connectivity index (χ4n) is 3.50. The van der Waals surface area contributed by atoms with E-state index in [-0.39, 0.29) is 18.1 Å². The Kier molecular flexibility index (Phi) is 8.97. The van der Waals surface area contributed by atoms with Crippen LogP contribution in [0.5, 0.6) is 17.2 Å². The molecular formula is C25H29N5O4. The Morgan fingerprint density at radius 2 is 1.97 bits per heavy atom. The summed E-state index contributed by atoms with van der Waals surface area (Å²) in [5.41, 5.74) is 2.60. The SMILES string of the molecule is CCCc1c(COc2ccc(Cc3nnn(CCCCC#N)n3)cc2)ccc(OC(C)=O)c1O. The molecule has 1 heterocycles. The zero-order valence-corrected chi connectivity index (χ0v) is 19.5. The Labute approximate surface area is 198 Å². The number of ether oxygens (including phenoxy) is 2. The lowest BCUT2D eigenvalue weighted by Crippen LogP contribution is -2.05. The largest absolute Gasteiger partial charge is 0.504 e. The van der Waals surface area contributed by atoms with E-state index in [9.17, 15) is 9.90 Å². The molecule has 0 aliphatic carbocycles. The van der Waals surface area contributed by atoms with E-state index in [1.165, 1.54) is 6.92 Å². The van der Waals surface area contributed by atoms with Crippen LogP contribution in [0.1, 0.15) is 62.0 Å². The van der Waals surface area contributed by atoms with Gasteiger partial charge in [0.25, 0.3) is 0 Å². The van der Waals surface area contributed by atoms with Gasteiger partial charge in [-0.15, -0.1) is 10.2 Å². The summed E-state index contributed by atoms with van der Waals surface area (Å²) in [6.45, 7) is 4.25. The third-order valence-corrected chi connectivity index (χ3v) is 5.17. The number of unbranched alkanes of at least 4 members (excludes halogenated alkanes) is 2. The highest BCUT2D eigenvalue weighted by Gasteiger charge is 2.15. The molecule has 1 N–H and O–H groups in total. The first kappa shape index (κ1) is 24.7. The summed E-state index contributed by atoms with van der Waals surface area (Å²) in [5.74, 6) is 1.01. The van der Waals surface area contributed by atoms with Crippen molar-refractivity contribution in [3.63, 3.8) is 0 Å². The molecule has 0 saturated carbocycles. The van der Waals surface area contributed by atoms with Gasteiger partial charge in [-0.2, -0.15) is 10.1 Å². The van der Waals surface area contributed by atoms with Crippen molar-refractivity contribution in [2.75, 3.05) is 0 Å². The molecule has 9 heteroatoms. The van der Waals surface area contributed by atoms with Gasteiger partial charge in [-0.05, 0) is 53.8 Å². The minimum atomic E-state index is -0.477. The van der Waals surface area contributed by atoms with Gasteiger partial charge in [0.15, 0.2) is 17.3 Å². The van der Waals surface area contributed by atoms with Crippen LogP contribution in [0.4, 0.5) is 0 Å². The van der Waals surface area contributed by atoms with Crippen molar-refractivity contribution in [1.82, 2.24) is 20.2 Å². The molecule has 3 aromatic rings. The number of aryl methyl sites for hydroxylation is 1. The van der Waals surface area contributed by atoms with Crippen LogP contribution in [0, 0.1) is 11.3 Å². The molecule has 0 bridgehead atoms. The van der Waals surface area contributed by atoms with Gasteiger partial charge in [-0.3, -0.25) is 4.79 Å². The summed E-state index contributed by atoms with van der Waals surface area (Å²) < 4.78 is 11.0. The number of phenolic OH excluding ortho intramolecular Hbond substituents is 1. The monoisotopic (exact) mass is 463 g/mol. The number of esters is 1. The van der Waals surface area contributed by atoms with Crippen molar-refractivity contribution in [1.29, 1.82) is 5.26 Å². The second-order valence-electron chi connectivity index (χ2n) is 7.92. The number of aromatic hydroxyl groups is 1. The zero-order chi connectivity index (χ0) is 24.3. The lowest BCUT2D eigenvalue weighted by Gasteiger charge is -2.15. The molecule has 0 unspecified atom stereocenters. The van der Waals surface area contributed by atoms with Crippen LogP contribution in [0.15, 0.2) is 36.4 Å². The molecule has 34 heavy (non-hydrogen) atoms. The maximum atomic E-state index is 11.3. The lowest BCUT2D eigenvalue weighted by molar-refractivity contribution is -0.132. The smallest absolute Gasteiger partial charge is 0.308 e. The van der Waals surface area contributed by atoms with Crippen molar-refractivity contribution < 1.29 is 19.4 Å². The first-order valence-electron chi connectivity index (χ1n) is 11.4. The van der Waals surface area contributed by atoms with Crippen molar-refractivity contribution >= 4 is 5.97 Å². The van der Waals surface area contributed by atoms with Gasteiger partial charge in [0.05, 0.1) is 12.6 Å². The molecule has 0 amide bonds. The molecule has 0 aliphatic rings. The molecule has 0 aliphatic heterocycles. The number of benzene rings is 2. The molecule has 9 nitrogen and oxygen atoms in total. The molecule has 0 saturated heterocycles. The number of hydrogen-bond donors (Lipinski definition) is 1. The fraction of sp³-hybridized carbons (Fsp3) is 0.400. The molecule has 0 fully saturated rings. The number of nitrogens with zero attached hydrogens (tertiary/aromatic N) is 5. The summed E-state index contributed by atoms with van der Waals surface area (Å²) in [5, 5.41) is 31.7. The summed E-state index contributed by atoms with van der Waals surface area (Å²) in [6, 6.07) is 13.2. The average Bonchev–Trinajstić information content (AvgIpc) is 3.26. The third-order valence-electron chi connectivity index (χ3n) is 5.17. The molecule has 1 aromatic heterocycles. The van der Waals surface area contributed by atoms with Gasteiger partial charge >= 0.3 is 5.97 Å². The second-order valence-corrected chi connectivity index (χ2v) is 7.92. The first-order valence-corrected chi connectivity index (χ1v) is 11.4. The van der Waals surface area contributed by atoms with Crippen LogP contribution in [0.25, 0.3) is 0 Å². The minimum Gasteiger partial charge on any atom is -0.504 e. The number of carbonyl (C=O) groups is 1. The molecule has 3 rings (SSSR count). The highest BCUT2D eigenvalue weighted by molar-refractivity contribution is 5.71. The van der Waals surface area contributed by atoms with E-state index in [4.69, 9.17) is 14.7 Å². The standard InChI is InChI=1S/C25H29N5O4/c1-3-7-22-20(10-13-23(25(22)32)34-18(2)31)17-33-21-11-8-19(9-12-21)16-24-27-29-30(28-24)15-6-4-5-14-26/h8-13,32H,3-7,15-17H2,1-2H3. The van der Waals surface area contributed by atoms with E-state index >= 15 is 0 Å².